The number of carbonyl (C=O) groups is 1. The number of thiazole rings is 1. The second kappa shape index (κ2) is 12.5. The third kappa shape index (κ3) is 6.10. The molecule has 1 aromatic heterocycles. The number of halogens is 2. The molecular weight excluding hydrogens is 623 g/mol. The number of allylic oxidation sites excluding steroid dienone is 1. The lowest BCUT2D eigenvalue weighted by atomic mass is 9.95. The van der Waals surface area contributed by atoms with Gasteiger partial charge in [-0.15, -0.1) is 0 Å². The summed E-state index contributed by atoms with van der Waals surface area (Å²) >= 11 is 4.75. The van der Waals surface area contributed by atoms with Crippen LogP contribution in [-0.2, 0) is 16.1 Å². The Kier molecular flexibility index (Phi) is 8.74. The lowest BCUT2D eigenvalue weighted by Crippen LogP contribution is -2.40. The minimum Gasteiger partial charge on any atom is -0.496 e. The van der Waals surface area contributed by atoms with E-state index in [9.17, 15) is 14.0 Å². The van der Waals surface area contributed by atoms with Crippen molar-refractivity contribution < 1.29 is 23.4 Å². The van der Waals surface area contributed by atoms with Crippen molar-refractivity contribution in [3.05, 3.63) is 125 Å². The van der Waals surface area contributed by atoms with Gasteiger partial charge in [0.1, 0.15) is 30.0 Å². The van der Waals surface area contributed by atoms with E-state index in [-0.39, 0.29) is 29.7 Å². The Balaban J connectivity index is 1.55. The van der Waals surface area contributed by atoms with Gasteiger partial charge in [0.2, 0.25) is 0 Å². The molecule has 0 spiro atoms. The van der Waals surface area contributed by atoms with E-state index in [2.05, 4.69) is 20.9 Å². The highest BCUT2D eigenvalue weighted by Gasteiger charge is 2.35. The summed E-state index contributed by atoms with van der Waals surface area (Å²) in [7, 11) is 1.54. The summed E-state index contributed by atoms with van der Waals surface area (Å²) in [6, 6.07) is 18.3. The number of fused-ring (bicyclic) bond motifs is 1. The molecule has 0 radical (unpaired) electrons. The summed E-state index contributed by atoms with van der Waals surface area (Å²) < 4.78 is 33.6. The van der Waals surface area contributed by atoms with Crippen LogP contribution in [0.3, 0.4) is 0 Å². The van der Waals surface area contributed by atoms with Crippen LogP contribution in [0.25, 0.3) is 6.08 Å². The molecule has 0 saturated heterocycles. The first-order valence-electron chi connectivity index (χ1n) is 13.2. The number of esters is 1. The molecule has 0 amide bonds. The van der Waals surface area contributed by atoms with Crippen LogP contribution in [0.4, 0.5) is 4.39 Å². The van der Waals surface area contributed by atoms with Crippen molar-refractivity contribution in [1.29, 1.82) is 0 Å². The third-order valence-electron chi connectivity index (χ3n) is 6.60. The lowest BCUT2D eigenvalue weighted by molar-refractivity contribution is -0.143. The number of benzene rings is 3. The summed E-state index contributed by atoms with van der Waals surface area (Å²) in [5.41, 5.74) is 2.30. The summed E-state index contributed by atoms with van der Waals surface area (Å²) in [4.78, 5) is 32.4. The monoisotopic (exact) mass is 650 g/mol. The molecule has 3 aromatic carbocycles. The molecule has 0 aliphatic carbocycles. The fourth-order valence-corrected chi connectivity index (χ4v) is 6.09. The first kappa shape index (κ1) is 29.5. The van der Waals surface area contributed by atoms with Crippen molar-refractivity contribution in [2.45, 2.75) is 39.5 Å². The highest BCUT2D eigenvalue weighted by molar-refractivity contribution is 9.10. The number of aromatic nitrogens is 1. The fourth-order valence-electron chi connectivity index (χ4n) is 4.66. The maximum Gasteiger partial charge on any atom is 0.338 e. The van der Waals surface area contributed by atoms with Crippen LogP contribution in [-0.4, -0.2) is 23.8 Å². The van der Waals surface area contributed by atoms with E-state index in [4.69, 9.17) is 14.2 Å². The van der Waals surface area contributed by atoms with Crippen molar-refractivity contribution in [2.75, 3.05) is 7.11 Å². The Hall–Kier alpha value is -4.02. The quantitative estimate of drug-likeness (QED) is 0.230. The first-order valence-corrected chi connectivity index (χ1v) is 14.8. The highest BCUT2D eigenvalue weighted by Crippen LogP contribution is 2.37. The molecule has 0 unspecified atom stereocenters. The van der Waals surface area contributed by atoms with Crippen LogP contribution in [0.5, 0.6) is 11.5 Å². The number of nitrogens with zero attached hydrogens (tertiary/aromatic N) is 2. The van der Waals surface area contributed by atoms with Crippen molar-refractivity contribution >= 4 is 39.3 Å². The molecular formula is C32H28BrFN2O5S. The molecule has 7 nitrogen and oxygen atoms in total. The summed E-state index contributed by atoms with van der Waals surface area (Å²) in [6.45, 7) is 5.39. The molecule has 42 heavy (non-hydrogen) atoms. The SMILES string of the molecule is COc1ccc(Br)cc1[C@@H]1C(C(=O)OC(C)C)=C(C)N=c2s/c(=C\c3ccc(OCc4ccccc4F)cc3)c(=O)n21. The third-order valence-corrected chi connectivity index (χ3v) is 8.08. The molecule has 216 valence electrons. The molecule has 2 heterocycles. The summed E-state index contributed by atoms with van der Waals surface area (Å²) in [6.07, 6.45) is 1.41. The van der Waals surface area contributed by atoms with Gasteiger partial charge in [0, 0.05) is 15.6 Å². The van der Waals surface area contributed by atoms with Gasteiger partial charge in [-0.3, -0.25) is 9.36 Å². The van der Waals surface area contributed by atoms with Gasteiger partial charge in [0.15, 0.2) is 4.80 Å². The van der Waals surface area contributed by atoms with Gasteiger partial charge < -0.3 is 14.2 Å². The predicted molar refractivity (Wildman–Crippen MR) is 163 cm³/mol. The van der Waals surface area contributed by atoms with Gasteiger partial charge in [-0.25, -0.2) is 14.2 Å². The minimum absolute atomic E-state index is 0.102. The van der Waals surface area contributed by atoms with E-state index in [0.29, 0.717) is 37.7 Å². The zero-order valence-corrected chi connectivity index (χ0v) is 25.8. The Morgan fingerprint density at radius 2 is 1.88 bits per heavy atom. The second-order valence-corrected chi connectivity index (χ2v) is 11.8. The van der Waals surface area contributed by atoms with Crippen molar-refractivity contribution in [3.63, 3.8) is 0 Å². The van der Waals surface area contributed by atoms with Gasteiger partial charge in [-0.1, -0.05) is 57.6 Å². The molecule has 10 heteroatoms. The van der Waals surface area contributed by atoms with Crippen molar-refractivity contribution in [1.82, 2.24) is 4.57 Å². The Morgan fingerprint density at radius 3 is 2.57 bits per heavy atom. The van der Waals surface area contributed by atoms with Crippen LogP contribution >= 0.6 is 27.3 Å². The van der Waals surface area contributed by atoms with E-state index in [1.165, 1.54) is 22.0 Å². The number of rotatable bonds is 8. The molecule has 1 aliphatic heterocycles. The summed E-state index contributed by atoms with van der Waals surface area (Å²) in [5.74, 6) is 0.230. The average molecular weight is 652 g/mol. The molecule has 1 aliphatic rings. The maximum absolute atomic E-state index is 13.9. The largest absolute Gasteiger partial charge is 0.496 e. The molecule has 5 rings (SSSR count). The zero-order valence-electron chi connectivity index (χ0n) is 23.4. The zero-order chi connectivity index (χ0) is 30.0. The minimum atomic E-state index is -0.809. The molecule has 0 saturated carbocycles. The molecule has 0 fully saturated rings. The highest BCUT2D eigenvalue weighted by atomic mass is 79.9. The van der Waals surface area contributed by atoms with Gasteiger partial charge in [-0.2, -0.15) is 0 Å². The Morgan fingerprint density at radius 1 is 1.14 bits per heavy atom. The van der Waals surface area contributed by atoms with Crippen LogP contribution in [0.15, 0.2) is 92.3 Å². The van der Waals surface area contributed by atoms with Gasteiger partial charge >= 0.3 is 5.97 Å². The van der Waals surface area contributed by atoms with E-state index in [1.54, 1.807) is 70.4 Å². The van der Waals surface area contributed by atoms with Gasteiger partial charge in [-0.05, 0) is 68.8 Å². The average Bonchev–Trinajstić information content (AvgIpc) is 3.26. The van der Waals surface area contributed by atoms with Crippen LogP contribution in [0.2, 0.25) is 0 Å². The fraction of sp³-hybridized carbons (Fsp3) is 0.219. The Labute approximate surface area is 254 Å². The smallest absolute Gasteiger partial charge is 0.338 e. The number of carbonyl (C=O) groups excluding carboxylic acids is 1. The number of hydrogen-bond donors (Lipinski definition) is 0. The Bertz CT molecular complexity index is 1860. The first-order chi connectivity index (χ1) is 20.2. The molecule has 0 bridgehead atoms. The predicted octanol–water partition coefficient (Wildman–Crippen LogP) is 5.68. The van der Waals surface area contributed by atoms with Crippen LogP contribution in [0.1, 0.15) is 43.5 Å². The number of methoxy groups -OCH3 is 1. The standard InChI is InChI=1S/C32H28BrFN2O5S/c1-18(2)41-31(38)28-19(3)35-32-36(29(28)24-16-22(33)11-14-26(24)39-4)30(37)27(42-32)15-20-9-12-23(13-10-20)40-17-21-7-5-6-8-25(21)34/h5-16,18,29H,17H2,1-4H3/b27-15-/t29-/m1/s1. The number of hydrogen-bond acceptors (Lipinski definition) is 7. The van der Waals surface area contributed by atoms with E-state index < -0.39 is 12.0 Å². The molecule has 1 atom stereocenters. The van der Waals surface area contributed by atoms with E-state index in [1.807, 2.05) is 24.3 Å². The van der Waals surface area contributed by atoms with Gasteiger partial charge in [0.25, 0.3) is 5.56 Å². The second-order valence-electron chi connectivity index (χ2n) is 9.87. The summed E-state index contributed by atoms with van der Waals surface area (Å²) in [5, 5.41) is 0. The molecule has 0 N–H and O–H groups in total. The topological polar surface area (TPSA) is 79.1 Å². The lowest BCUT2D eigenvalue weighted by Gasteiger charge is -2.26. The van der Waals surface area contributed by atoms with E-state index in [0.717, 1.165) is 10.0 Å². The maximum atomic E-state index is 13.9. The van der Waals surface area contributed by atoms with Crippen LogP contribution in [0, 0.1) is 5.82 Å². The van der Waals surface area contributed by atoms with Crippen LogP contribution < -0.4 is 24.4 Å². The van der Waals surface area contributed by atoms with Crippen molar-refractivity contribution in [2.24, 2.45) is 4.99 Å². The number of ether oxygens (including phenoxy) is 3. The normalized spacial score (nSPS) is 14.9. The van der Waals surface area contributed by atoms with Crippen molar-refractivity contribution in [3.8, 4) is 11.5 Å². The van der Waals surface area contributed by atoms with E-state index >= 15 is 0 Å². The molecule has 4 aromatic rings. The van der Waals surface area contributed by atoms with Gasteiger partial charge in [0.05, 0.1) is 29.0 Å².